The Morgan fingerprint density at radius 1 is 0.406 bits per heavy atom. The molecule has 0 fully saturated rings. The van der Waals surface area contributed by atoms with E-state index in [4.69, 9.17) is 15.8 Å². The van der Waals surface area contributed by atoms with Crippen LogP contribution < -0.4 is 0 Å². The van der Waals surface area contributed by atoms with Crippen LogP contribution in [0.15, 0.2) is 165 Å². The van der Waals surface area contributed by atoms with Crippen molar-refractivity contribution in [1.82, 2.24) is 0 Å². The molecule has 6 rings (SSSR count). The summed E-state index contributed by atoms with van der Waals surface area (Å²) in [5.41, 5.74) is 5.26. The lowest BCUT2D eigenvalue weighted by Gasteiger charge is -1.97. The Kier molecular flexibility index (Phi) is 27.1. The summed E-state index contributed by atoms with van der Waals surface area (Å²) in [6.07, 6.45) is 0. The van der Waals surface area contributed by atoms with Crippen molar-refractivity contribution in [1.29, 1.82) is 0 Å². The van der Waals surface area contributed by atoms with Gasteiger partial charge < -0.3 is 10.6 Å². The average molecular weight is 966 g/mol. The van der Waals surface area contributed by atoms with Gasteiger partial charge in [-0.05, 0) is 121 Å². The lowest BCUT2D eigenvalue weighted by atomic mass is 10.1. The van der Waals surface area contributed by atoms with Crippen molar-refractivity contribution in [3.63, 3.8) is 0 Å². The van der Waals surface area contributed by atoms with Crippen LogP contribution in [-0.2, 0) is 9.05 Å². The van der Waals surface area contributed by atoms with Crippen LogP contribution in [0, 0.1) is 6.92 Å². The number of benzene rings is 6. The van der Waals surface area contributed by atoms with Gasteiger partial charge >= 0.3 is 0 Å². The Morgan fingerprint density at radius 2 is 0.594 bits per heavy atom. The summed E-state index contributed by atoms with van der Waals surface area (Å²) in [4.78, 5) is 67.1. The summed E-state index contributed by atoms with van der Waals surface area (Å²) in [6, 6.07) is 40.7. The molecule has 0 aliphatic rings. The standard InChI is InChI=1S/C9H10O.C8H7ClO3S.C8H8O2.3C8H8OS.H2O.H2/c1-7-3-5-9(6-4-7)8(2)10;1-6(10)7-2-4-8(5-3-7)13(9,11)12;4*1-6(9)7-2-4-8(10)5-3-7;;/h3-6H,1-2H3;2-5H,1H3;4*2-5,10H,1H3;1H2;1H. The molecule has 0 unspecified atom stereocenters. The molecule has 0 atom stereocenters. The number of hydrogen-bond acceptors (Lipinski definition) is 12. The van der Waals surface area contributed by atoms with Crippen LogP contribution in [0.25, 0.3) is 0 Å². The Morgan fingerprint density at radius 3 is 0.797 bits per heavy atom. The number of phenols is 1. The van der Waals surface area contributed by atoms with E-state index in [0.717, 1.165) is 36.9 Å². The molecule has 0 aromatic heterocycles. The average Bonchev–Trinajstić information content (AvgIpc) is 3.22. The monoisotopic (exact) mass is 964 g/mol. The van der Waals surface area contributed by atoms with E-state index >= 15 is 0 Å². The van der Waals surface area contributed by atoms with Crippen LogP contribution in [0.4, 0.5) is 0 Å². The molecule has 0 radical (unpaired) electrons. The molecule has 15 heteroatoms. The molecule has 0 saturated heterocycles. The van der Waals surface area contributed by atoms with Gasteiger partial charge in [0.1, 0.15) is 5.75 Å². The molecule has 0 aliphatic carbocycles. The molecule has 6 aromatic carbocycles. The Labute approximate surface area is 397 Å². The minimum Gasteiger partial charge on any atom is -0.508 e. The molecule has 0 amide bonds. The van der Waals surface area contributed by atoms with Crippen LogP contribution in [0.1, 0.15) is 111 Å². The van der Waals surface area contributed by atoms with Gasteiger partial charge in [-0.15, -0.1) is 37.9 Å². The van der Waals surface area contributed by atoms with Gasteiger partial charge in [0.05, 0.1) is 4.90 Å². The quantitative estimate of drug-likeness (QED) is 0.0686. The molecule has 0 spiro atoms. The fourth-order valence-corrected chi connectivity index (χ4v) is 5.64. The van der Waals surface area contributed by atoms with E-state index in [1.807, 2.05) is 31.2 Å². The Hall–Kier alpha value is -5.61. The number of phenolic OH excluding ortho intramolecular Hbond substituents is 1. The van der Waals surface area contributed by atoms with Crippen LogP contribution in [-0.4, -0.2) is 53.7 Å². The SMILES string of the molecule is CC(=O)c1ccc(C)cc1.CC(=O)c1ccc(O)cc1.CC(=O)c1ccc(S(=O)(=O)Cl)cc1.CC(=O)c1ccc(S)cc1.CC(=O)c1ccc(S)cc1.CC(=O)c1ccc(S)cc1.O.[HH]. The first-order chi connectivity index (χ1) is 29.4. The van der Waals surface area contributed by atoms with Gasteiger partial charge in [0.15, 0.2) is 34.7 Å². The molecule has 0 heterocycles. The number of thiol groups is 3. The Bertz CT molecular complexity index is 2230. The van der Waals surface area contributed by atoms with Crippen molar-refractivity contribution in [2.24, 2.45) is 0 Å². The zero-order chi connectivity index (χ0) is 47.9. The molecule has 10 nitrogen and oxygen atoms in total. The van der Waals surface area contributed by atoms with E-state index in [1.54, 1.807) is 113 Å². The van der Waals surface area contributed by atoms with Crippen molar-refractivity contribution in [2.75, 3.05) is 0 Å². The van der Waals surface area contributed by atoms with Gasteiger partial charge in [-0.3, -0.25) is 28.8 Å². The summed E-state index contributed by atoms with van der Waals surface area (Å²) in [6.45, 7) is 11.1. The van der Waals surface area contributed by atoms with Crippen molar-refractivity contribution in [3.8, 4) is 5.75 Å². The molecule has 340 valence electrons. The van der Waals surface area contributed by atoms with Crippen LogP contribution >= 0.6 is 48.6 Å². The van der Waals surface area contributed by atoms with Crippen molar-refractivity contribution < 1.29 is 49.2 Å². The predicted molar refractivity (Wildman–Crippen MR) is 266 cm³/mol. The summed E-state index contributed by atoms with van der Waals surface area (Å²) in [5.74, 6) is 0.485. The first kappa shape index (κ1) is 58.4. The van der Waals surface area contributed by atoms with E-state index in [1.165, 1.54) is 55.8 Å². The number of hydrogen-bond donors (Lipinski definition) is 4. The molecule has 6 aromatic rings. The molecule has 0 bridgehead atoms. The second-order valence-corrected chi connectivity index (χ2v) is 17.5. The minimum absolute atomic E-state index is 0. The Balaban J connectivity index is 0. The topological polar surface area (TPSA) is 188 Å². The number of rotatable bonds is 7. The van der Waals surface area contributed by atoms with Gasteiger partial charge in [0, 0.05) is 60.2 Å². The van der Waals surface area contributed by atoms with Gasteiger partial charge in [-0.1, -0.05) is 78.4 Å². The molecular weight excluding hydrogens is 912 g/mol. The van der Waals surface area contributed by atoms with Gasteiger partial charge in [0.25, 0.3) is 9.05 Å². The van der Waals surface area contributed by atoms with Gasteiger partial charge in [-0.2, -0.15) is 0 Å². The van der Waals surface area contributed by atoms with E-state index in [-0.39, 0.29) is 52.2 Å². The van der Waals surface area contributed by atoms with Crippen LogP contribution in [0.3, 0.4) is 0 Å². The summed E-state index contributed by atoms with van der Waals surface area (Å²) in [5, 5.41) is 8.83. The second-order valence-electron chi connectivity index (χ2n) is 13.4. The van der Waals surface area contributed by atoms with E-state index in [9.17, 15) is 37.2 Å². The maximum absolute atomic E-state index is 10.8. The summed E-state index contributed by atoms with van der Waals surface area (Å²) < 4.78 is 21.6. The normalized spacial score (nSPS) is 9.61. The third-order valence-corrected chi connectivity index (χ3v) is 10.4. The fraction of sp³-hybridized carbons (Fsp3) is 0.143. The van der Waals surface area contributed by atoms with Gasteiger partial charge in [0.2, 0.25) is 0 Å². The largest absolute Gasteiger partial charge is 0.508 e. The maximum atomic E-state index is 10.8. The smallest absolute Gasteiger partial charge is 0.261 e. The maximum Gasteiger partial charge on any atom is 0.261 e. The first-order valence-electron chi connectivity index (χ1n) is 18.7. The number of ketones is 6. The number of aryl methyl sites for hydroxylation is 1. The number of aromatic hydroxyl groups is 1. The van der Waals surface area contributed by atoms with Crippen molar-refractivity contribution >= 4 is 92.3 Å². The van der Waals surface area contributed by atoms with Gasteiger partial charge in [-0.25, -0.2) is 8.42 Å². The number of halogens is 1. The van der Waals surface area contributed by atoms with E-state index in [2.05, 4.69) is 37.9 Å². The molecule has 0 saturated carbocycles. The van der Waals surface area contributed by atoms with Crippen LogP contribution in [0.5, 0.6) is 5.75 Å². The number of carbonyl (C=O) groups is 6. The molecular formula is C49H53ClO10S4. The lowest BCUT2D eigenvalue weighted by molar-refractivity contribution is 0.100. The molecule has 0 aliphatic heterocycles. The third-order valence-electron chi connectivity index (χ3n) is 8.10. The number of Topliss-reactive ketones (excluding diaryl/α,β-unsaturated/α-hetero) is 6. The van der Waals surface area contributed by atoms with E-state index in [0.29, 0.717) is 11.1 Å². The fourth-order valence-electron chi connectivity index (χ4n) is 4.43. The zero-order valence-electron chi connectivity index (χ0n) is 36.2. The second kappa shape index (κ2) is 29.7. The lowest BCUT2D eigenvalue weighted by Crippen LogP contribution is -1.94. The van der Waals surface area contributed by atoms with Crippen molar-refractivity contribution in [3.05, 3.63) is 185 Å². The highest BCUT2D eigenvalue weighted by atomic mass is 35.7. The number of carbonyl (C=O) groups excluding carboxylic acids is 6. The molecule has 3 N–H and O–H groups in total. The summed E-state index contributed by atoms with van der Waals surface area (Å²) in [7, 11) is 1.39. The first-order valence-corrected chi connectivity index (χ1v) is 22.4. The van der Waals surface area contributed by atoms with Crippen molar-refractivity contribution in [2.45, 2.75) is 68.0 Å². The summed E-state index contributed by atoms with van der Waals surface area (Å²) >= 11 is 12.3. The van der Waals surface area contributed by atoms with Crippen LogP contribution in [0.2, 0.25) is 0 Å². The third kappa shape index (κ3) is 24.3. The highest BCUT2D eigenvalue weighted by Gasteiger charge is 2.09. The predicted octanol–water partition coefficient (Wildman–Crippen LogP) is 11.6. The highest BCUT2D eigenvalue weighted by Crippen LogP contribution is 2.16. The zero-order valence-corrected chi connectivity index (χ0v) is 40.5. The highest BCUT2D eigenvalue weighted by molar-refractivity contribution is 8.13. The minimum atomic E-state index is -3.68. The van der Waals surface area contributed by atoms with E-state index < -0.39 is 9.05 Å². The molecule has 64 heavy (non-hydrogen) atoms.